The van der Waals surface area contributed by atoms with Gasteiger partial charge in [0.2, 0.25) is 0 Å². The van der Waals surface area contributed by atoms with E-state index in [9.17, 15) is 9.59 Å². The quantitative estimate of drug-likeness (QED) is 0.502. The molecule has 14 heavy (non-hydrogen) atoms. The van der Waals surface area contributed by atoms with E-state index in [0.29, 0.717) is 12.2 Å². The lowest BCUT2D eigenvalue weighted by Gasteiger charge is -2.06. The first-order valence-electron chi connectivity index (χ1n) is 5.33. The largest absolute Gasteiger partial charge is 0.469 e. The maximum Gasteiger partial charge on any atom is 0.305 e. The molecular formula is C11H18O3. The molecule has 3 heteroatoms. The molecule has 1 fully saturated rings. The lowest BCUT2D eigenvalue weighted by Crippen LogP contribution is -2.06. The molecule has 1 rings (SSSR count). The minimum Gasteiger partial charge on any atom is -0.469 e. The second-order valence-electron chi connectivity index (χ2n) is 3.88. The van der Waals surface area contributed by atoms with Crippen LogP contribution in [0.4, 0.5) is 0 Å². The predicted molar refractivity (Wildman–Crippen MR) is 52.8 cm³/mol. The zero-order valence-corrected chi connectivity index (χ0v) is 8.75. The smallest absolute Gasteiger partial charge is 0.305 e. The average Bonchev–Trinajstić information content (AvgIpc) is 2.58. The van der Waals surface area contributed by atoms with E-state index in [1.165, 1.54) is 7.11 Å². The van der Waals surface area contributed by atoms with Gasteiger partial charge in [-0.25, -0.2) is 0 Å². The molecule has 0 spiro atoms. The molecule has 0 heterocycles. The summed E-state index contributed by atoms with van der Waals surface area (Å²) < 4.78 is 4.54. The van der Waals surface area contributed by atoms with Crippen LogP contribution in [0.3, 0.4) is 0 Å². The minimum atomic E-state index is -0.150. The minimum absolute atomic E-state index is 0.150. The van der Waals surface area contributed by atoms with Crippen molar-refractivity contribution < 1.29 is 14.3 Å². The van der Waals surface area contributed by atoms with Gasteiger partial charge >= 0.3 is 5.97 Å². The number of methoxy groups -OCH3 is 1. The van der Waals surface area contributed by atoms with Gasteiger partial charge in [0.25, 0.3) is 0 Å². The van der Waals surface area contributed by atoms with Crippen LogP contribution in [0.15, 0.2) is 0 Å². The molecule has 0 aromatic rings. The van der Waals surface area contributed by atoms with Gasteiger partial charge < -0.3 is 4.74 Å². The first kappa shape index (κ1) is 11.2. The molecule has 3 nitrogen and oxygen atoms in total. The van der Waals surface area contributed by atoms with E-state index in [4.69, 9.17) is 0 Å². The van der Waals surface area contributed by atoms with E-state index in [1.807, 2.05) is 0 Å². The van der Waals surface area contributed by atoms with Gasteiger partial charge in [0, 0.05) is 18.8 Å². The van der Waals surface area contributed by atoms with Crippen LogP contribution >= 0.6 is 0 Å². The lowest BCUT2D eigenvalue weighted by atomic mass is 9.99. The van der Waals surface area contributed by atoms with Crippen LogP contribution in [0.5, 0.6) is 0 Å². The third-order valence-electron chi connectivity index (χ3n) is 2.84. The molecule has 0 radical (unpaired) electrons. The van der Waals surface area contributed by atoms with Crippen molar-refractivity contribution in [2.45, 2.75) is 44.9 Å². The number of hydrogen-bond donors (Lipinski definition) is 0. The Morgan fingerprint density at radius 1 is 1.50 bits per heavy atom. The van der Waals surface area contributed by atoms with Crippen LogP contribution in [-0.2, 0) is 14.3 Å². The summed E-state index contributed by atoms with van der Waals surface area (Å²) in [5, 5.41) is 0. The highest BCUT2D eigenvalue weighted by molar-refractivity contribution is 5.82. The lowest BCUT2D eigenvalue weighted by molar-refractivity contribution is -0.140. The number of hydrogen-bond acceptors (Lipinski definition) is 3. The fourth-order valence-corrected chi connectivity index (χ4v) is 1.96. The van der Waals surface area contributed by atoms with Gasteiger partial charge in [-0.2, -0.15) is 0 Å². The highest BCUT2D eigenvalue weighted by Gasteiger charge is 2.23. The Bertz CT molecular complexity index is 211. The Kier molecular flexibility index (Phi) is 4.63. The molecule has 1 aliphatic rings. The Morgan fingerprint density at radius 2 is 2.29 bits per heavy atom. The van der Waals surface area contributed by atoms with Crippen molar-refractivity contribution >= 4 is 11.8 Å². The van der Waals surface area contributed by atoms with Crippen LogP contribution in [0.25, 0.3) is 0 Å². The summed E-state index contributed by atoms with van der Waals surface area (Å²) in [6.07, 6.45) is 6.12. The number of unbranched alkanes of at least 4 members (excludes halogenated alkanes) is 1. The van der Waals surface area contributed by atoms with Gasteiger partial charge in [-0.3, -0.25) is 9.59 Å². The molecule has 1 unspecified atom stereocenters. The molecule has 0 aromatic carbocycles. The van der Waals surface area contributed by atoms with Crippen molar-refractivity contribution in [3.05, 3.63) is 0 Å². The Morgan fingerprint density at radius 3 is 2.86 bits per heavy atom. The molecule has 0 saturated heterocycles. The topological polar surface area (TPSA) is 43.4 Å². The highest BCUT2D eigenvalue weighted by Crippen LogP contribution is 2.26. The summed E-state index contributed by atoms with van der Waals surface area (Å²) in [5.41, 5.74) is 0. The SMILES string of the molecule is COC(=O)CCCCC1CCCC1=O. The van der Waals surface area contributed by atoms with Crippen molar-refractivity contribution in [2.24, 2.45) is 5.92 Å². The summed E-state index contributed by atoms with van der Waals surface area (Å²) in [6.45, 7) is 0. The predicted octanol–water partition coefficient (Wildman–Crippen LogP) is 2.09. The second kappa shape index (κ2) is 5.78. The number of ether oxygens (including phenoxy) is 1. The Balaban J connectivity index is 2.03. The third kappa shape index (κ3) is 3.48. The monoisotopic (exact) mass is 198 g/mol. The molecule has 0 bridgehead atoms. The summed E-state index contributed by atoms with van der Waals surface area (Å²) >= 11 is 0. The van der Waals surface area contributed by atoms with Crippen LogP contribution in [0.2, 0.25) is 0 Å². The molecule has 0 amide bonds. The van der Waals surface area contributed by atoms with Crippen molar-refractivity contribution in [2.75, 3.05) is 7.11 Å². The first-order chi connectivity index (χ1) is 6.74. The number of carbonyl (C=O) groups excluding carboxylic acids is 2. The summed E-state index contributed by atoms with van der Waals surface area (Å²) in [5.74, 6) is 0.554. The van der Waals surface area contributed by atoms with E-state index < -0.39 is 0 Å². The van der Waals surface area contributed by atoms with Crippen molar-refractivity contribution in [1.82, 2.24) is 0 Å². The fourth-order valence-electron chi connectivity index (χ4n) is 1.96. The second-order valence-corrected chi connectivity index (χ2v) is 3.88. The molecule has 0 aliphatic heterocycles. The zero-order valence-electron chi connectivity index (χ0n) is 8.75. The highest BCUT2D eigenvalue weighted by atomic mass is 16.5. The molecule has 1 saturated carbocycles. The van der Waals surface area contributed by atoms with Crippen LogP contribution in [0.1, 0.15) is 44.9 Å². The van der Waals surface area contributed by atoms with Gasteiger partial charge in [-0.1, -0.05) is 6.42 Å². The number of rotatable bonds is 5. The Hall–Kier alpha value is -0.860. The Labute approximate surface area is 84.8 Å². The zero-order chi connectivity index (χ0) is 10.4. The average molecular weight is 198 g/mol. The number of carbonyl (C=O) groups is 2. The summed E-state index contributed by atoms with van der Waals surface area (Å²) in [6, 6.07) is 0. The maximum absolute atomic E-state index is 11.3. The van der Waals surface area contributed by atoms with Crippen molar-refractivity contribution in [3.63, 3.8) is 0 Å². The molecule has 0 N–H and O–H groups in total. The number of ketones is 1. The summed E-state index contributed by atoms with van der Waals surface area (Å²) in [7, 11) is 1.41. The molecule has 1 atom stereocenters. The van der Waals surface area contributed by atoms with Crippen molar-refractivity contribution in [3.8, 4) is 0 Å². The standard InChI is InChI=1S/C11H18O3/c1-14-11(13)8-3-2-5-9-6-4-7-10(9)12/h9H,2-8H2,1H3. The van der Waals surface area contributed by atoms with E-state index in [-0.39, 0.29) is 11.9 Å². The van der Waals surface area contributed by atoms with E-state index >= 15 is 0 Å². The molecule has 1 aliphatic carbocycles. The summed E-state index contributed by atoms with van der Waals surface area (Å²) in [4.78, 5) is 22.0. The molecular weight excluding hydrogens is 180 g/mol. The van der Waals surface area contributed by atoms with Crippen molar-refractivity contribution in [1.29, 1.82) is 0 Å². The number of esters is 1. The van der Waals surface area contributed by atoms with Gasteiger partial charge in [0.05, 0.1) is 7.11 Å². The normalized spacial score (nSPS) is 21.2. The fraction of sp³-hybridized carbons (Fsp3) is 0.818. The maximum atomic E-state index is 11.3. The van der Waals surface area contributed by atoms with Crippen LogP contribution in [-0.4, -0.2) is 18.9 Å². The van der Waals surface area contributed by atoms with E-state index in [0.717, 1.165) is 38.5 Å². The molecule has 0 aromatic heterocycles. The first-order valence-corrected chi connectivity index (χ1v) is 5.33. The van der Waals surface area contributed by atoms with Gasteiger partial charge in [-0.05, 0) is 25.7 Å². The van der Waals surface area contributed by atoms with Crippen LogP contribution in [0, 0.1) is 5.92 Å². The number of Topliss-reactive ketones (excluding diaryl/α,β-unsaturated/α-hetero) is 1. The van der Waals surface area contributed by atoms with E-state index in [2.05, 4.69) is 4.74 Å². The van der Waals surface area contributed by atoms with Crippen LogP contribution < -0.4 is 0 Å². The molecule has 80 valence electrons. The van der Waals surface area contributed by atoms with E-state index in [1.54, 1.807) is 0 Å². The van der Waals surface area contributed by atoms with Gasteiger partial charge in [0.1, 0.15) is 5.78 Å². The third-order valence-corrected chi connectivity index (χ3v) is 2.84. The van der Waals surface area contributed by atoms with Gasteiger partial charge in [0.15, 0.2) is 0 Å². The van der Waals surface area contributed by atoms with Gasteiger partial charge in [-0.15, -0.1) is 0 Å².